The Labute approximate surface area is 96.9 Å². The van der Waals surface area contributed by atoms with E-state index in [-0.39, 0.29) is 11.9 Å². The van der Waals surface area contributed by atoms with Crippen molar-refractivity contribution in [3.63, 3.8) is 0 Å². The number of ether oxygens (including phenoxy) is 2. The van der Waals surface area contributed by atoms with Crippen molar-refractivity contribution in [3.8, 4) is 0 Å². The molecular formula is C11H22N2O3. The molecule has 2 N–H and O–H groups in total. The Bertz CT molecular complexity index is 211. The molecule has 1 saturated heterocycles. The van der Waals surface area contributed by atoms with Gasteiger partial charge in [-0.25, -0.2) is 0 Å². The van der Waals surface area contributed by atoms with Crippen LogP contribution in [0.2, 0.25) is 0 Å². The Kier molecular flexibility index (Phi) is 6.37. The summed E-state index contributed by atoms with van der Waals surface area (Å²) in [5.41, 5.74) is 5.61. The molecule has 0 aromatic carbocycles. The predicted octanol–water partition coefficient (Wildman–Crippen LogP) is -0.0108. The number of nitrogens with zero attached hydrogens (tertiary/aromatic N) is 1. The Morgan fingerprint density at radius 2 is 2.44 bits per heavy atom. The summed E-state index contributed by atoms with van der Waals surface area (Å²) in [4.78, 5) is 13.7. The van der Waals surface area contributed by atoms with Crippen LogP contribution in [0.1, 0.15) is 19.8 Å². The highest BCUT2D eigenvalue weighted by atomic mass is 16.5. The maximum atomic E-state index is 11.9. The lowest BCUT2D eigenvalue weighted by Crippen LogP contribution is -2.52. The minimum absolute atomic E-state index is 0.0494. The monoisotopic (exact) mass is 230 g/mol. The second-order valence-corrected chi connectivity index (χ2v) is 3.85. The van der Waals surface area contributed by atoms with Crippen LogP contribution in [0.5, 0.6) is 0 Å². The van der Waals surface area contributed by atoms with E-state index in [9.17, 15) is 4.79 Å². The van der Waals surface area contributed by atoms with Crippen LogP contribution in [0, 0.1) is 0 Å². The van der Waals surface area contributed by atoms with E-state index >= 15 is 0 Å². The molecule has 1 heterocycles. The van der Waals surface area contributed by atoms with Gasteiger partial charge in [0.05, 0.1) is 19.3 Å². The van der Waals surface area contributed by atoms with E-state index in [4.69, 9.17) is 15.2 Å². The zero-order valence-electron chi connectivity index (χ0n) is 9.98. The zero-order chi connectivity index (χ0) is 11.8. The summed E-state index contributed by atoms with van der Waals surface area (Å²) in [6.45, 7) is 5.62. The van der Waals surface area contributed by atoms with Crippen molar-refractivity contribution >= 4 is 5.91 Å². The molecule has 1 rings (SSSR count). The summed E-state index contributed by atoms with van der Waals surface area (Å²) in [5.74, 6) is 0.165. The first-order chi connectivity index (χ1) is 7.79. The van der Waals surface area contributed by atoms with E-state index in [1.807, 2.05) is 11.8 Å². The van der Waals surface area contributed by atoms with E-state index in [2.05, 4.69) is 0 Å². The average Bonchev–Trinajstić information content (AvgIpc) is 2.34. The Morgan fingerprint density at radius 1 is 1.62 bits per heavy atom. The Balaban J connectivity index is 2.27. The minimum Gasteiger partial charge on any atom is -0.382 e. The zero-order valence-corrected chi connectivity index (χ0v) is 9.98. The van der Waals surface area contributed by atoms with Crippen molar-refractivity contribution in [1.29, 1.82) is 0 Å². The second-order valence-electron chi connectivity index (χ2n) is 3.85. The highest BCUT2D eigenvalue weighted by molar-refractivity contribution is 5.76. The SMILES string of the molecule is CCOCCCC(=O)N1CCOCC1CN. The molecule has 1 aliphatic rings. The van der Waals surface area contributed by atoms with Crippen LogP contribution < -0.4 is 5.73 Å². The lowest BCUT2D eigenvalue weighted by molar-refractivity contribution is -0.139. The minimum atomic E-state index is 0.0494. The van der Waals surface area contributed by atoms with Gasteiger partial charge in [0.1, 0.15) is 0 Å². The van der Waals surface area contributed by atoms with E-state index < -0.39 is 0 Å². The fourth-order valence-electron chi connectivity index (χ4n) is 1.79. The van der Waals surface area contributed by atoms with Gasteiger partial charge in [-0.3, -0.25) is 4.79 Å². The largest absolute Gasteiger partial charge is 0.382 e. The smallest absolute Gasteiger partial charge is 0.223 e. The summed E-state index contributed by atoms with van der Waals surface area (Å²) in [6, 6.07) is 0.0494. The molecule has 5 nitrogen and oxygen atoms in total. The number of rotatable bonds is 6. The van der Waals surface area contributed by atoms with Crippen molar-refractivity contribution in [2.75, 3.05) is 39.5 Å². The molecule has 16 heavy (non-hydrogen) atoms. The average molecular weight is 230 g/mol. The molecule has 0 radical (unpaired) electrons. The van der Waals surface area contributed by atoms with Crippen molar-refractivity contribution in [3.05, 3.63) is 0 Å². The van der Waals surface area contributed by atoms with Gasteiger partial charge in [-0.15, -0.1) is 0 Å². The van der Waals surface area contributed by atoms with Crippen molar-refractivity contribution in [1.82, 2.24) is 4.90 Å². The van der Waals surface area contributed by atoms with Crippen LogP contribution in [0.4, 0.5) is 0 Å². The van der Waals surface area contributed by atoms with E-state index in [1.54, 1.807) is 0 Å². The number of amides is 1. The quantitative estimate of drug-likeness (QED) is 0.652. The number of carbonyl (C=O) groups is 1. The first kappa shape index (κ1) is 13.4. The summed E-state index contributed by atoms with van der Waals surface area (Å²) in [5, 5.41) is 0. The lowest BCUT2D eigenvalue weighted by atomic mass is 10.2. The summed E-state index contributed by atoms with van der Waals surface area (Å²) < 4.78 is 10.5. The maximum Gasteiger partial charge on any atom is 0.223 e. The number of hydrogen-bond acceptors (Lipinski definition) is 4. The van der Waals surface area contributed by atoms with Crippen LogP contribution in [-0.4, -0.2) is 56.4 Å². The first-order valence-electron chi connectivity index (χ1n) is 5.94. The van der Waals surface area contributed by atoms with Crippen LogP contribution in [-0.2, 0) is 14.3 Å². The molecule has 1 amide bonds. The van der Waals surface area contributed by atoms with Gasteiger partial charge in [0.15, 0.2) is 0 Å². The molecule has 0 bridgehead atoms. The molecule has 0 spiro atoms. The fraction of sp³-hybridized carbons (Fsp3) is 0.909. The third-order valence-electron chi connectivity index (χ3n) is 2.70. The molecule has 0 saturated carbocycles. The summed E-state index contributed by atoms with van der Waals surface area (Å²) in [6.07, 6.45) is 1.32. The van der Waals surface area contributed by atoms with Crippen molar-refractivity contribution in [2.45, 2.75) is 25.8 Å². The van der Waals surface area contributed by atoms with Gasteiger partial charge in [-0.1, -0.05) is 0 Å². The standard InChI is InChI=1S/C11H22N2O3/c1-2-15-6-3-4-11(14)13-5-7-16-9-10(13)8-12/h10H,2-9,12H2,1H3. The van der Waals surface area contributed by atoms with Gasteiger partial charge in [0.2, 0.25) is 5.91 Å². The third kappa shape index (κ3) is 4.08. The molecule has 0 aromatic heterocycles. The predicted molar refractivity (Wildman–Crippen MR) is 61.1 cm³/mol. The van der Waals surface area contributed by atoms with Gasteiger partial charge in [0, 0.05) is 32.7 Å². The molecule has 5 heteroatoms. The summed E-state index contributed by atoms with van der Waals surface area (Å²) >= 11 is 0. The van der Waals surface area contributed by atoms with Gasteiger partial charge in [-0.05, 0) is 13.3 Å². The first-order valence-corrected chi connectivity index (χ1v) is 5.94. The highest BCUT2D eigenvalue weighted by Crippen LogP contribution is 2.08. The number of nitrogens with two attached hydrogens (primary N) is 1. The lowest BCUT2D eigenvalue weighted by Gasteiger charge is -2.35. The van der Waals surface area contributed by atoms with Gasteiger partial charge in [-0.2, -0.15) is 0 Å². The number of hydrogen-bond donors (Lipinski definition) is 1. The van der Waals surface area contributed by atoms with E-state index in [0.717, 1.165) is 6.42 Å². The Morgan fingerprint density at radius 3 is 3.12 bits per heavy atom. The van der Waals surface area contributed by atoms with Crippen molar-refractivity contribution in [2.24, 2.45) is 5.73 Å². The highest BCUT2D eigenvalue weighted by Gasteiger charge is 2.25. The normalized spacial score (nSPS) is 21.1. The van der Waals surface area contributed by atoms with E-state index in [1.165, 1.54) is 0 Å². The molecule has 94 valence electrons. The molecule has 0 aromatic rings. The van der Waals surface area contributed by atoms with Crippen LogP contribution >= 0.6 is 0 Å². The number of carbonyl (C=O) groups excluding carboxylic acids is 1. The molecule has 1 atom stereocenters. The molecule has 1 unspecified atom stereocenters. The topological polar surface area (TPSA) is 64.8 Å². The van der Waals surface area contributed by atoms with E-state index in [0.29, 0.717) is 45.9 Å². The molecule has 0 aliphatic carbocycles. The Hall–Kier alpha value is -0.650. The summed E-state index contributed by atoms with van der Waals surface area (Å²) in [7, 11) is 0. The van der Waals surface area contributed by atoms with Crippen LogP contribution in [0.15, 0.2) is 0 Å². The molecule has 1 fully saturated rings. The van der Waals surface area contributed by atoms with Crippen LogP contribution in [0.25, 0.3) is 0 Å². The third-order valence-corrected chi connectivity index (χ3v) is 2.70. The molecular weight excluding hydrogens is 208 g/mol. The van der Waals surface area contributed by atoms with Crippen molar-refractivity contribution < 1.29 is 14.3 Å². The second kappa shape index (κ2) is 7.60. The maximum absolute atomic E-state index is 11.9. The number of morpholine rings is 1. The van der Waals surface area contributed by atoms with Crippen LogP contribution in [0.3, 0.4) is 0 Å². The van der Waals surface area contributed by atoms with Gasteiger partial charge >= 0.3 is 0 Å². The fourth-order valence-corrected chi connectivity index (χ4v) is 1.79. The van der Waals surface area contributed by atoms with Gasteiger partial charge < -0.3 is 20.1 Å². The molecule has 1 aliphatic heterocycles. The van der Waals surface area contributed by atoms with Gasteiger partial charge in [0.25, 0.3) is 0 Å².